The SMILES string of the molecule is CC1=NC(CN2CCCCC2)CCN1C. The lowest BCUT2D eigenvalue weighted by atomic mass is 10.1. The molecule has 1 saturated heterocycles. The third-order valence-corrected chi connectivity index (χ3v) is 3.64. The van der Waals surface area contributed by atoms with Crippen molar-refractivity contribution in [2.75, 3.05) is 33.2 Å². The molecule has 86 valence electrons. The van der Waals surface area contributed by atoms with Crippen LogP contribution in [-0.2, 0) is 0 Å². The predicted octanol–water partition coefficient (Wildman–Crippen LogP) is 1.59. The van der Waals surface area contributed by atoms with Gasteiger partial charge in [-0.3, -0.25) is 4.99 Å². The van der Waals surface area contributed by atoms with E-state index in [1.54, 1.807) is 0 Å². The van der Waals surface area contributed by atoms with Crippen LogP contribution in [0.3, 0.4) is 0 Å². The molecule has 3 heteroatoms. The Kier molecular flexibility index (Phi) is 3.62. The van der Waals surface area contributed by atoms with Crippen molar-refractivity contribution in [2.24, 2.45) is 4.99 Å². The highest BCUT2D eigenvalue weighted by molar-refractivity contribution is 5.80. The van der Waals surface area contributed by atoms with Crippen LogP contribution in [-0.4, -0.2) is 54.9 Å². The Labute approximate surface area is 93.2 Å². The Balaban J connectivity index is 1.84. The highest BCUT2D eigenvalue weighted by Gasteiger charge is 2.19. The second kappa shape index (κ2) is 4.97. The fourth-order valence-electron chi connectivity index (χ4n) is 2.50. The second-order valence-electron chi connectivity index (χ2n) is 4.90. The first-order valence-electron chi connectivity index (χ1n) is 6.23. The van der Waals surface area contributed by atoms with E-state index < -0.39 is 0 Å². The van der Waals surface area contributed by atoms with Gasteiger partial charge in [0.25, 0.3) is 0 Å². The average molecular weight is 209 g/mol. The number of likely N-dealkylation sites (tertiary alicyclic amines) is 1. The van der Waals surface area contributed by atoms with Crippen LogP contribution in [0.1, 0.15) is 32.6 Å². The highest BCUT2D eigenvalue weighted by atomic mass is 15.2. The summed E-state index contributed by atoms with van der Waals surface area (Å²) >= 11 is 0. The number of rotatable bonds is 2. The van der Waals surface area contributed by atoms with E-state index in [0.29, 0.717) is 6.04 Å². The van der Waals surface area contributed by atoms with Gasteiger partial charge >= 0.3 is 0 Å². The molecule has 1 fully saturated rings. The van der Waals surface area contributed by atoms with Crippen LogP contribution in [0.15, 0.2) is 4.99 Å². The maximum atomic E-state index is 4.76. The van der Waals surface area contributed by atoms with Crippen molar-refractivity contribution in [3.63, 3.8) is 0 Å². The molecule has 0 aromatic carbocycles. The molecule has 2 aliphatic heterocycles. The van der Waals surface area contributed by atoms with Crippen LogP contribution in [0.2, 0.25) is 0 Å². The minimum atomic E-state index is 0.555. The van der Waals surface area contributed by atoms with Crippen LogP contribution >= 0.6 is 0 Å². The van der Waals surface area contributed by atoms with Gasteiger partial charge in [-0.25, -0.2) is 0 Å². The molecule has 0 aliphatic carbocycles. The molecule has 0 aromatic rings. The van der Waals surface area contributed by atoms with E-state index in [4.69, 9.17) is 4.99 Å². The summed E-state index contributed by atoms with van der Waals surface area (Å²) in [5, 5.41) is 0. The van der Waals surface area contributed by atoms with Crippen molar-refractivity contribution < 1.29 is 0 Å². The molecule has 0 aromatic heterocycles. The lowest BCUT2D eigenvalue weighted by Gasteiger charge is -2.33. The van der Waals surface area contributed by atoms with E-state index in [1.807, 2.05) is 0 Å². The first-order valence-corrected chi connectivity index (χ1v) is 6.23. The summed E-state index contributed by atoms with van der Waals surface area (Å²) in [6.07, 6.45) is 5.42. The molecular formula is C12H23N3. The molecule has 0 saturated carbocycles. The zero-order chi connectivity index (χ0) is 10.7. The summed E-state index contributed by atoms with van der Waals surface area (Å²) in [4.78, 5) is 9.61. The molecule has 15 heavy (non-hydrogen) atoms. The lowest BCUT2D eigenvalue weighted by molar-refractivity contribution is 0.207. The van der Waals surface area contributed by atoms with Crippen LogP contribution in [0, 0.1) is 0 Å². The van der Waals surface area contributed by atoms with Gasteiger partial charge in [-0.05, 0) is 39.3 Å². The molecule has 2 aliphatic rings. The Bertz CT molecular complexity index is 231. The van der Waals surface area contributed by atoms with Crippen molar-refractivity contribution in [2.45, 2.75) is 38.6 Å². The molecule has 0 radical (unpaired) electrons. The zero-order valence-corrected chi connectivity index (χ0v) is 10.1. The van der Waals surface area contributed by atoms with Gasteiger partial charge < -0.3 is 9.80 Å². The third kappa shape index (κ3) is 2.94. The Morgan fingerprint density at radius 1 is 1.20 bits per heavy atom. The van der Waals surface area contributed by atoms with Crippen LogP contribution in [0.5, 0.6) is 0 Å². The van der Waals surface area contributed by atoms with Gasteiger partial charge in [0.15, 0.2) is 0 Å². The van der Waals surface area contributed by atoms with E-state index in [2.05, 4.69) is 23.8 Å². The molecule has 0 spiro atoms. The number of amidine groups is 1. The largest absolute Gasteiger partial charge is 0.364 e. The Morgan fingerprint density at radius 3 is 2.60 bits per heavy atom. The first-order chi connectivity index (χ1) is 7.25. The zero-order valence-electron chi connectivity index (χ0n) is 10.1. The minimum absolute atomic E-state index is 0.555. The summed E-state index contributed by atoms with van der Waals surface area (Å²) in [5.41, 5.74) is 0. The van der Waals surface area contributed by atoms with Crippen molar-refractivity contribution in [1.29, 1.82) is 0 Å². The lowest BCUT2D eigenvalue weighted by Crippen LogP contribution is -2.41. The Hall–Kier alpha value is -0.570. The predicted molar refractivity (Wildman–Crippen MR) is 64.4 cm³/mol. The van der Waals surface area contributed by atoms with Crippen LogP contribution in [0.4, 0.5) is 0 Å². The van der Waals surface area contributed by atoms with Gasteiger partial charge in [0, 0.05) is 20.1 Å². The molecule has 2 heterocycles. The maximum absolute atomic E-state index is 4.76. The number of hydrogen-bond donors (Lipinski definition) is 0. The second-order valence-corrected chi connectivity index (χ2v) is 4.90. The van der Waals surface area contributed by atoms with Crippen molar-refractivity contribution >= 4 is 5.84 Å². The first kappa shape index (κ1) is 10.9. The standard InChI is InChI=1S/C12H23N3/c1-11-13-12(6-9-14(11)2)10-15-7-4-3-5-8-15/h12H,3-10H2,1-2H3. The van der Waals surface area contributed by atoms with E-state index in [-0.39, 0.29) is 0 Å². The van der Waals surface area contributed by atoms with Gasteiger partial charge in [0.1, 0.15) is 0 Å². The normalized spacial score (nSPS) is 29.1. The quantitative estimate of drug-likeness (QED) is 0.688. The summed E-state index contributed by atoms with van der Waals surface area (Å²) in [6.45, 7) is 7.07. The van der Waals surface area contributed by atoms with Gasteiger partial charge in [0.2, 0.25) is 0 Å². The van der Waals surface area contributed by atoms with Crippen LogP contribution < -0.4 is 0 Å². The topological polar surface area (TPSA) is 18.8 Å². The number of aliphatic imine (C=N–C) groups is 1. The highest BCUT2D eigenvalue weighted by Crippen LogP contribution is 2.14. The minimum Gasteiger partial charge on any atom is -0.364 e. The number of piperidine rings is 1. The van der Waals surface area contributed by atoms with E-state index in [9.17, 15) is 0 Å². The summed E-state index contributed by atoms with van der Waals surface area (Å²) in [7, 11) is 2.13. The summed E-state index contributed by atoms with van der Waals surface area (Å²) in [5.74, 6) is 1.21. The number of nitrogens with zero attached hydrogens (tertiary/aromatic N) is 3. The van der Waals surface area contributed by atoms with E-state index in [1.165, 1.54) is 57.7 Å². The molecule has 0 amide bonds. The molecule has 0 N–H and O–H groups in total. The summed E-state index contributed by atoms with van der Waals surface area (Å²) in [6, 6.07) is 0.555. The van der Waals surface area contributed by atoms with Gasteiger partial charge in [-0.1, -0.05) is 6.42 Å². The Morgan fingerprint density at radius 2 is 1.93 bits per heavy atom. The van der Waals surface area contributed by atoms with Crippen molar-refractivity contribution in [3.05, 3.63) is 0 Å². The van der Waals surface area contributed by atoms with Gasteiger partial charge in [0.05, 0.1) is 11.9 Å². The molecule has 3 nitrogen and oxygen atoms in total. The average Bonchev–Trinajstić information content (AvgIpc) is 2.25. The van der Waals surface area contributed by atoms with E-state index in [0.717, 1.165) is 0 Å². The van der Waals surface area contributed by atoms with Crippen molar-refractivity contribution in [1.82, 2.24) is 9.80 Å². The van der Waals surface area contributed by atoms with Gasteiger partial charge in [-0.2, -0.15) is 0 Å². The van der Waals surface area contributed by atoms with Crippen molar-refractivity contribution in [3.8, 4) is 0 Å². The molecule has 0 bridgehead atoms. The number of hydrogen-bond acceptors (Lipinski definition) is 3. The molecule has 1 atom stereocenters. The fourth-order valence-corrected chi connectivity index (χ4v) is 2.50. The third-order valence-electron chi connectivity index (χ3n) is 3.64. The monoisotopic (exact) mass is 209 g/mol. The van der Waals surface area contributed by atoms with Gasteiger partial charge in [-0.15, -0.1) is 0 Å². The maximum Gasteiger partial charge on any atom is 0.0958 e. The summed E-state index contributed by atoms with van der Waals surface area (Å²) < 4.78 is 0. The molecule has 2 rings (SSSR count). The smallest absolute Gasteiger partial charge is 0.0958 e. The van der Waals surface area contributed by atoms with Crippen LogP contribution in [0.25, 0.3) is 0 Å². The fraction of sp³-hybridized carbons (Fsp3) is 0.917. The van der Waals surface area contributed by atoms with E-state index >= 15 is 0 Å². The molecule has 1 unspecified atom stereocenters. The molecular weight excluding hydrogens is 186 g/mol.